The molecule has 1 N–H and O–H groups in total. The highest BCUT2D eigenvalue weighted by molar-refractivity contribution is 9.09. The Hall–Kier alpha value is -1.50. The van der Waals surface area contributed by atoms with Crippen LogP contribution in [0.2, 0.25) is 0 Å². The molecule has 0 bridgehead atoms. The Balaban J connectivity index is 2.29. The lowest BCUT2D eigenvalue weighted by molar-refractivity contribution is -0.385. The number of amides is 1. The van der Waals surface area contributed by atoms with Crippen LogP contribution in [0.3, 0.4) is 0 Å². The average Bonchev–Trinajstić information content (AvgIpc) is 2.87. The zero-order valence-corrected chi connectivity index (χ0v) is 12.3. The number of nitrogens with zero attached hydrogens (tertiary/aromatic N) is 1. The second-order valence-corrected chi connectivity index (χ2v) is 5.55. The third-order valence-electron chi connectivity index (χ3n) is 3.60. The Morgan fingerprint density at radius 3 is 2.65 bits per heavy atom. The standard InChI is InChI=1S/C13H14BrFN2O3/c14-8-13(5-1-2-6-13)16-12(18)10-7-9(15)3-4-11(10)17(19)20/h3-4,7H,1-2,5-6,8H2,(H,16,18). The third kappa shape index (κ3) is 2.98. The topological polar surface area (TPSA) is 72.2 Å². The van der Waals surface area contributed by atoms with E-state index in [1.807, 2.05) is 0 Å². The number of halogens is 2. The first kappa shape index (κ1) is 14.9. The number of carbonyl (C=O) groups is 1. The van der Waals surface area contributed by atoms with Crippen LogP contribution >= 0.6 is 15.9 Å². The van der Waals surface area contributed by atoms with Gasteiger partial charge in [0.2, 0.25) is 0 Å². The Labute approximate surface area is 123 Å². The van der Waals surface area contributed by atoms with Gasteiger partial charge in [-0.25, -0.2) is 4.39 Å². The monoisotopic (exact) mass is 344 g/mol. The highest BCUT2D eigenvalue weighted by Gasteiger charge is 2.35. The zero-order chi connectivity index (χ0) is 14.8. The van der Waals surface area contributed by atoms with E-state index in [9.17, 15) is 19.3 Å². The van der Waals surface area contributed by atoms with Crippen LogP contribution in [0.1, 0.15) is 36.0 Å². The van der Waals surface area contributed by atoms with E-state index in [0.29, 0.717) is 5.33 Å². The fraction of sp³-hybridized carbons (Fsp3) is 0.462. The van der Waals surface area contributed by atoms with E-state index < -0.39 is 22.2 Å². The smallest absolute Gasteiger partial charge is 0.282 e. The SMILES string of the molecule is O=C(NC1(CBr)CCCC1)c1cc(F)ccc1[N+](=O)[O-]. The largest absolute Gasteiger partial charge is 0.346 e. The first-order chi connectivity index (χ1) is 9.47. The summed E-state index contributed by atoms with van der Waals surface area (Å²) < 4.78 is 13.2. The van der Waals surface area contributed by atoms with E-state index in [1.165, 1.54) is 0 Å². The van der Waals surface area contributed by atoms with Crippen molar-refractivity contribution >= 4 is 27.5 Å². The Morgan fingerprint density at radius 2 is 2.10 bits per heavy atom. The molecule has 1 aliphatic rings. The van der Waals surface area contributed by atoms with E-state index in [0.717, 1.165) is 43.9 Å². The number of nitro benzene ring substituents is 1. The maximum atomic E-state index is 13.2. The van der Waals surface area contributed by atoms with E-state index >= 15 is 0 Å². The minimum atomic E-state index is -0.677. The molecule has 0 aromatic heterocycles. The molecule has 1 amide bonds. The molecule has 1 aromatic carbocycles. The molecule has 5 nitrogen and oxygen atoms in total. The van der Waals surface area contributed by atoms with Gasteiger partial charge in [0.05, 0.1) is 10.5 Å². The molecule has 108 valence electrons. The lowest BCUT2D eigenvalue weighted by Crippen LogP contribution is -2.47. The molecule has 0 radical (unpaired) electrons. The lowest BCUT2D eigenvalue weighted by atomic mass is 9.99. The van der Waals surface area contributed by atoms with Crippen LogP contribution in [0.5, 0.6) is 0 Å². The number of benzene rings is 1. The molecule has 0 unspecified atom stereocenters. The minimum absolute atomic E-state index is 0.234. The summed E-state index contributed by atoms with van der Waals surface area (Å²) in [6, 6.07) is 2.90. The summed E-state index contributed by atoms with van der Waals surface area (Å²) in [5.41, 5.74) is -1.01. The van der Waals surface area contributed by atoms with Gasteiger partial charge in [0, 0.05) is 11.4 Å². The minimum Gasteiger partial charge on any atom is -0.346 e. The second kappa shape index (κ2) is 5.87. The number of carbonyl (C=O) groups excluding carboxylic acids is 1. The summed E-state index contributed by atoms with van der Waals surface area (Å²) in [4.78, 5) is 22.5. The van der Waals surface area contributed by atoms with E-state index in [4.69, 9.17) is 0 Å². The van der Waals surface area contributed by atoms with Crippen molar-refractivity contribution in [3.63, 3.8) is 0 Å². The van der Waals surface area contributed by atoms with Crippen molar-refractivity contribution in [1.82, 2.24) is 5.32 Å². The van der Waals surface area contributed by atoms with Crippen LogP contribution in [0, 0.1) is 15.9 Å². The average molecular weight is 345 g/mol. The number of rotatable bonds is 4. The number of nitro groups is 1. The van der Waals surface area contributed by atoms with Crippen LogP contribution in [0.25, 0.3) is 0 Å². The van der Waals surface area contributed by atoms with Crippen LogP contribution in [0.4, 0.5) is 10.1 Å². The van der Waals surface area contributed by atoms with Gasteiger partial charge in [0.25, 0.3) is 11.6 Å². The molecule has 2 rings (SSSR count). The summed E-state index contributed by atoms with van der Waals surface area (Å²) in [5.74, 6) is -1.27. The number of hydrogen-bond donors (Lipinski definition) is 1. The van der Waals surface area contributed by atoms with Crippen molar-refractivity contribution in [2.24, 2.45) is 0 Å². The fourth-order valence-corrected chi connectivity index (χ4v) is 3.20. The zero-order valence-electron chi connectivity index (χ0n) is 10.7. The molecule has 0 atom stereocenters. The molecule has 1 aliphatic carbocycles. The van der Waals surface area contributed by atoms with Gasteiger partial charge < -0.3 is 5.32 Å². The number of nitrogens with one attached hydrogen (secondary N) is 1. The highest BCUT2D eigenvalue weighted by atomic mass is 79.9. The van der Waals surface area contributed by atoms with Crippen LogP contribution < -0.4 is 5.32 Å². The first-order valence-corrected chi connectivity index (χ1v) is 7.42. The summed E-state index contributed by atoms with van der Waals surface area (Å²) >= 11 is 3.37. The maximum absolute atomic E-state index is 13.2. The molecule has 1 aromatic rings. The van der Waals surface area contributed by atoms with Gasteiger partial charge in [-0.15, -0.1) is 0 Å². The molecule has 0 aliphatic heterocycles. The van der Waals surface area contributed by atoms with Gasteiger partial charge in [-0.3, -0.25) is 14.9 Å². The number of alkyl halides is 1. The molecular weight excluding hydrogens is 331 g/mol. The van der Waals surface area contributed by atoms with Gasteiger partial charge >= 0.3 is 0 Å². The quantitative estimate of drug-likeness (QED) is 0.518. The molecule has 0 spiro atoms. The second-order valence-electron chi connectivity index (χ2n) is 4.99. The summed E-state index contributed by atoms with van der Waals surface area (Å²) in [6.45, 7) is 0. The summed E-state index contributed by atoms with van der Waals surface area (Å²) in [7, 11) is 0. The fourth-order valence-electron chi connectivity index (χ4n) is 2.50. The Kier molecular flexibility index (Phi) is 4.37. The molecule has 1 saturated carbocycles. The van der Waals surface area contributed by atoms with Gasteiger partial charge in [-0.1, -0.05) is 28.8 Å². The molecule has 0 heterocycles. The normalized spacial score (nSPS) is 16.9. The Morgan fingerprint density at radius 1 is 1.45 bits per heavy atom. The van der Waals surface area contributed by atoms with Crippen molar-refractivity contribution in [3.05, 3.63) is 39.7 Å². The lowest BCUT2D eigenvalue weighted by Gasteiger charge is -2.28. The van der Waals surface area contributed by atoms with Gasteiger partial charge in [-0.05, 0) is 25.0 Å². The van der Waals surface area contributed by atoms with Crippen molar-refractivity contribution in [2.45, 2.75) is 31.2 Å². The third-order valence-corrected chi connectivity index (χ3v) is 4.67. The van der Waals surface area contributed by atoms with Crippen molar-refractivity contribution in [2.75, 3.05) is 5.33 Å². The van der Waals surface area contributed by atoms with Crippen LogP contribution in [0.15, 0.2) is 18.2 Å². The van der Waals surface area contributed by atoms with Gasteiger partial charge in [0.1, 0.15) is 11.4 Å². The predicted octanol–water partition coefficient (Wildman–Crippen LogP) is 3.17. The van der Waals surface area contributed by atoms with Gasteiger partial charge in [0.15, 0.2) is 0 Å². The molecule has 0 saturated heterocycles. The van der Waals surface area contributed by atoms with Crippen molar-refractivity contribution in [1.29, 1.82) is 0 Å². The molecular formula is C13H14BrFN2O3. The molecule has 20 heavy (non-hydrogen) atoms. The predicted molar refractivity (Wildman–Crippen MR) is 75.5 cm³/mol. The van der Waals surface area contributed by atoms with E-state index in [2.05, 4.69) is 21.2 Å². The van der Waals surface area contributed by atoms with Crippen LogP contribution in [-0.2, 0) is 0 Å². The summed E-state index contributed by atoms with van der Waals surface area (Å²) in [6.07, 6.45) is 3.62. The maximum Gasteiger partial charge on any atom is 0.282 e. The number of hydrogen-bond acceptors (Lipinski definition) is 3. The summed E-state index contributed by atoms with van der Waals surface area (Å²) in [5, 5.41) is 14.3. The Bertz CT molecular complexity index is 544. The van der Waals surface area contributed by atoms with Gasteiger partial charge in [-0.2, -0.15) is 0 Å². The van der Waals surface area contributed by atoms with E-state index in [-0.39, 0.29) is 11.3 Å². The van der Waals surface area contributed by atoms with Crippen LogP contribution in [-0.4, -0.2) is 21.7 Å². The molecule has 7 heteroatoms. The van der Waals surface area contributed by atoms with E-state index in [1.54, 1.807) is 0 Å². The van der Waals surface area contributed by atoms with Crippen molar-refractivity contribution in [3.8, 4) is 0 Å². The first-order valence-electron chi connectivity index (χ1n) is 6.30. The van der Waals surface area contributed by atoms with Crippen molar-refractivity contribution < 1.29 is 14.1 Å². The molecule has 1 fully saturated rings. The highest BCUT2D eigenvalue weighted by Crippen LogP contribution is 2.32.